The summed E-state index contributed by atoms with van der Waals surface area (Å²) < 4.78 is 5.98. The molecule has 4 rings (SSSR count). The van der Waals surface area contributed by atoms with E-state index in [-0.39, 0.29) is 11.9 Å². The van der Waals surface area contributed by atoms with Crippen molar-refractivity contribution in [1.82, 2.24) is 10.2 Å². The fraction of sp³-hybridized carbons (Fsp3) is 0.667. The fourth-order valence-corrected chi connectivity index (χ4v) is 5.73. The van der Waals surface area contributed by atoms with E-state index in [1.54, 1.807) is 16.2 Å². The number of nitrogens with zero attached hydrogens (tertiary/aromatic N) is 1. The first-order valence-corrected chi connectivity index (χ1v) is 9.80. The molecular weight excluding hydrogens is 340 g/mol. The zero-order valence-electron chi connectivity index (χ0n) is 14.4. The van der Waals surface area contributed by atoms with Gasteiger partial charge < -0.3 is 20.1 Å². The molecule has 6 nitrogen and oxygen atoms in total. The molecule has 3 heterocycles. The minimum absolute atomic E-state index is 0.0840. The number of aliphatic carboxylic acids is 1. The normalized spacial score (nSPS) is 33.8. The minimum Gasteiger partial charge on any atom is -0.481 e. The number of fused-ring (bicyclic) bond motifs is 2. The summed E-state index contributed by atoms with van der Waals surface area (Å²) >= 11 is 1.73. The maximum absolute atomic E-state index is 12.6. The lowest BCUT2D eigenvalue weighted by Crippen LogP contribution is -2.48. The van der Waals surface area contributed by atoms with Gasteiger partial charge in [0.2, 0.25) is 0 Å². The van der Waals surface area contributed by atoms with Crippen molar-refractivity contribution in [3.05, 3.63) is 21.9 Å². The van der Waals surface area contributed by atoms with Gasteiger partial charge in [-0.3, -0.25) is 4.79 Å². The van der Waals surface area contributed by atoms with Crippen molar-refractivity contribution >= 4 is 23.3 Å². The zero-order chi connectivity index (χ0) is 17.7. The topological polar surface area (TPSA) is 78.9 Å². The van der Waals surface area contributed by atoms with Gasteiger partial charge in [-0.05, 0) is 42.7 Å². The molecule has 0 aromatic carbocycles. The number of ether oxygens (including phenoxy) is 1. The first kappa shape index (κ1) is 16.8. The number of carbonyl (C=O) groups excluding carboxylic acids is 1. The molecule has 2 fully saturated rings. The lowest BCUT2D eigenvalue weighted by molar-refractivity contribution is -0.149. The van der Waals surface area contributed by atoms with Crippen LogP contribution >= 0.6 is 11.3 Å². The second-order valence-electron chi connectivity index (χ2n) is 7.68. The lowest BCUT2D eigenvalue weighted by atomic mass is 9.81. The Labute approximate surface area is 151 Å². The number of amides is 2. The molecule has 136 valence electrons. The van der Waals surface area contributed by atoms with E-state index < -0.39 is 17.0 Å². The summed E-state index contributed by atoms with van der Waals surface area (Å²) in [7, 11) is 0. The molecule has 25 heavy (non-hydrogen) atoms. The van der Waals surface area contributed by atoms with Crippen LogP contribution in [0.5, 0.6) is 0 Å². The Morgan fingerprint density at radius 3 is 3.12 bits per heavy atom. The van der Waals surface area contributed by atoms with Gasteiger partial charge in [0.25, 0.3) is 0 Å². The van der Waals surface area contributed by atoms with Crippen molar-refractivity contribution in [3.8, 4) is 0 Å². The number of nitrogens with one attached hydrogen (secondary N) is 1. The SMILES string of the molecule is CC1(CNC(=O)N2C[C@@H]3CCC[C@@]3(C(=O)O)C2)OCCc2sccc21. The molecule has 1 aromatic heterocycles. The molecular formula is C18H24N2O4S. The molecule has 3 atom stereocenters. The van der Waals surface area contributed by atoms with Crippen molar-refractivity contribution in [2.24, 2.45) is 11.3 Å². The van der Waals surface area contributed by atoms with E-state index in [1.807, 2.05) is 6.92 Å². The number of carbonyl (C=O) groups is 2. The molecule has 0 spiro atoms. The van der Waals surface area contributed by atoms with Crippen LogP contribution in [-0.4, -0.2) is 48.2 Å². The molecule has 0 radical (unpaired) electrons. The monoisotopic (exact) mass is 364 g/mol. The van der Waals surface area contributed by atoms with E-state index in [4.69, 9.17) is 4.74 Å². The van der Waals surface area contributed by atoms with Gasteiger partial charge in [0.15, 0.2) is 0 Å². The minimum atomic E-state index is -0.754. The predicted octanol–water partition coefficient (Wildman–Crippen LogP) is 2.43. The number of thiophene rings is 1. The number of urea groups is 1. The molecule has 3 aliphatic rings. The fourth-order valence-electron chi connectivity index (χ4n) is 4.75. The van der Waals surface area contributed by atoms with Crippen LogP contribution in [0.25, 0.3) is 0 Å². The molecule has 2 aliphatic heterocycles. The van der Waals surface area contributed by atoms with Crippen LogP contribution in [0.2, 0.25) is 0 Å². The second kappa shape index (κ2) is 5.99. The van der Waals surface area contributed by atoms with E-state index in [2.05, 4.69) is 16.8 Å². The molecule has 0 bridgehead atoms. The van der Waals surface area contributed by atoms with Crippen molar-refractivity contribution in [1.29, 1.82) is 0 Å². The van der Waals surface area contributed by atoms with Crippen LogP contribution in [0, 0.1) is 11.3 Å². The number of carboxylic acids is 1. The van der Waals surface area contributed by atoms with E-state index >= 15 is 0 Å². The highest BCUT2D eigenvalue weighted by atomic mass is 32.1. The van der Waals surface area contributed by atoms with Crippen LogP contribution in [0.3, 0.4) is 0 Å². The highest BCUT2D eigenvalue weighted by Crippen LogP contribution is 2.48. The summed E-state index contributed by atoms with van der Waals surface area (Å²) in [5.41, 5.74) is -0.0868. The van der Waals surface area contributed by atoms with Crippen LogP contribution in [0.1, 0.15) is 36.6 Å². The maximum atomic E-state index is 12.6. The third-order valence-corrected chi connectivity index (χ3v) is 7.21. The summed E-state index contributed by atoms with van der Waals surface area (Å²) in [4.78, 5) is 27.4. The second-order valence-corrected chi connectivity index (χ2v) is 8.68. The van der Waals surface area contributed by atoms with Crippen molar-refractivity contribution in [3.63, 3.8) is 0 Å². The summed E-state index contributed by atoms with van der Waals surface area (Å²) in [6, 6.07) is 1.90. The quantitative estimate of drug-likeness (QED) is 0.863. The predicted molar refractivity (Wildman–Crippen MR) is 93.7 cm³/mol. The molecule has 2 amide bonds. The molecule has 1 unspecified atom stereocenters. The van der Waals surface area contributed by atoms with Gasteiger partial charge in [-0.1, -0.05) is 6.42 Å². The smallest absolute Gasteiger partial charge is 0.317 e. The van der Waals surface area contributed by atoms with Gasteiger partial charge in [0, 0.05) is 24.4 Å². The molecule has 1 aromatic rings. The number of hydrogen-bond acceptors (Lipinski definition) is 4. The number of hydrogen-bond donors (Lipinski definition) is 2. The van der Waals surface area contributed by atoms with Crippen molar-refractivity contribution in [2.45, 2.75) is 38.2 Å². The third kappa shape index (κ3) is 2.64. The Morgan fingerprint density at radius 1 is 1.52 bits per heavy atom. The van der Waals surface area contributed by atoms with Gasteiger partial charge in [-0.25, -0.2) is 4.79 Å². The standard InChI is InChI=1S/C18H24N2O4S/c1-17(13-5-8-25-14(13)4-7-24-17)10-19-16(23)20-9-12-3-2-6-18(12,11-20)15(21)22/h5,8,12H,2-4,6-7,9-11H2,1H3,(H,19,23)(H,21,22)/t12-,17?,18+/m0/s1. The van der Waals surface area contributed by atoms with Crippen molar-refractivity contribution in [2.75, 3.05) is 26.2 Å². The zero-order valence-corrected chi connectivity index (χ0v) is 15.2. The van der Waals surface area contributed by atoms with E-state index in [1.165, 1.54) is 4.88 Å². The van der Waals surface area contributed by atoms with Gasteiger partial charge in [0.1, 0.15) is 5.60 Å². The molecule has 7 heteroatoms. The average Bonchev–Trinajstić information content (AvgIpc) is 3.26. The Kier molecular flexibility index (Phi) is 4.03. The number of carboxylic acid groups (broad SMARTS) is 1. The van der Waals surface area contributed by atoms with E-state index in [0.29, 0.717) is 32.7 Å². The van der Waals surface area contributed by atoms with E-state index in [9.17, 15) is 14.7 Å². The van der Waals surface area contributed by atoms with Crippen LogP contribution < -0.4 is 5.32 Å². The molecule has 2 N–H and O–H groups in total. The largest absolute Gasteiger partial charge is 0.481 e. The first-order chi connectivity index (χ1) is 11.9. The van der Waals surface area contributed by atoms with Crippen LogP contribution in [0.15, 0.2) is 11.4 Å². The Bertz CT molecular complexity index is 705. The van der Waals surface area contributed by atoms with E-state index in [0.717, 1.165) is 24.8 Å². The number of likely N-dealkylation sites (tertiary alicyclic amines) is 1. The maximum Gasteiger partial charge on any atom is 0.317 e. The lowest BCUT2D eigenvalue weighted by Gasteiger charge is -2.35. The van der Waals surface area contributed by atoms with Crippen LogP contribution in [-0.2, 0) is 21.6 Å². The highest BCUT2D eigenvalue weighted by Gasteiger charge is 2.55. The Hall–Kier alpha value is -1.60. The van der Waals surface area contributed by atoms with Gasteiger partial charge >= 0.3 is 12.0 Å². The molecule has 1 aliphatic carbocycles. The van der Waals surface area contributed by atoms with Gasteiger partial charge in [0.05, 0.1) is 18.6 Å². The summed E-state index contributed by atoms with van der Waals surface area (Å²) in [6.45, 7) is 3.93. The van der Waals surface area contributed by atoms with Gasteiger partial charge in [-0.2, -0.15) is 0 Å². The van der Waals surface area contributed by atoms with Gasteiger partial charge in [-0.15, -0.1) is 11.3 Å². The molecule has 1 saturated carbocycles. The third-order valence-electron chi connectivity index (χ3n) is 6.23. The summed E-state index contributed by atoms with van der Waals surface area (Å²) in [5.74, 6) is -0.670. The Balaban J connectivity index is 1.42. The van der Waals surface area contributed by atoms with Crippen LogP contribution in [0.4, 0.5) is 4.79 Å². The summed E-state index contributed by atoms with van der Waals surface area (Å²) in [6.07, 6.45) is 3.44. The highest BCUT2D eigenvalue weighted by molar-refractivity contribution is 7.10. The molecule has 1 saturated heterocycles. The van der Waals surface area contributed by atoms with Crippen molar-refractivity contribution < 1.29 is 19.4 Å². The average molecular weight is 364 g/mol. The first-order valence-electron chi connectivity index (χ1n) is 8.92. The Morgan fingerprint density at radius 2 is 2.36 bits per heavy atom. The number of rotatable bonds is 3. The summed E-state index contributed by atoms with van der Waals surface area (Å²) in [5, 5.41) is 14.7.